The predicted molar refractivity (Wildman–Crippen MR) is 77.7 cm³/mol. The molecule has 6 heteroatoms. The van der Waals surface area contributed by atoms with Crippen LogP contribution >= 0.6 is 0 Å². The number of hydrogen-bond acceptors (Lipinski definition) is 4. The van der Waals surface area contributed by atoms with Crippen LogP contribution < -0.4 is 16.0 Å². The number of primary amides is 1. The fourth-order valence-electron chi connectivity index (χ4n) is 2.47. The van der Waals surface area contributed by atoms with Crippen LogP contribution in [0.2, 0.25) is 0 Å². The number of anilines is 1. The van der Waals surface area contributed by atoms with Crippen LogP contribution in [0, 0.1) is 0 Å². The summed E-state index contributed by atoms with van der Waals surface area (Å²) in [4.78, 5) is 17.6. The zero-order valence-corrected chi connectivity index (χ0v) is 11.9. The molecule has 1 aliphatic heterocycles. The molecule has 1 fully saturated rings. The number of ether oxygens (including phenoxy) is 1. The number of amides is 2. The van der Waals surface area contributed by atoms with Crippen molar-refractivity contribution in [1.82, 2.24) is 10.3 Å². The van der Waals surface area contributed by atoms with E-state index in [1.807, 2.05) is 6.07 Å². The van der Waals surface area contributed by atoms with Gasteiger partial charge in [0.1, 0.15) is 0 Å². The molecule has 0 bridgehead atoms. The van der Waals surface area contributed by atoms with Gasteiger partial charge in [-0.25, -0.2) is 4.79 Å². The highest BCUT2D eigenvalue weighted by molar-refractivity contribution is 5.71. The second kappa shape index (κ2) is 7.09. The van der Waals surface area contributed by atoms with E-state index in [-0.39, 0.29) is 0 Å². The first kappa shape index (κ1) is 14.6. The number of carbonyl (C=O) groups excluding carboxylic acids is 1. The smallest absolute Gasteiger partial charge is 0.312 e. The van der Waals surface area contributed by atoms with Crippen LogP contribution in [-0.4, -0.2) is 37.3 Å². The molecule has 2 amide bonds. The molecule has 1 aromatic heterocycles. The number of nitrogens with zero attached hydrogens (tertiary/aromatic N) is 2. The minimum atomic E-state index is -0.522. The van der Waals surface area contributed by atoms with Crippen molar-refractivity contribution in [2.75, 3.05) is 31.2 Å². The highest BCUT2D eigenvalue weighted by Gasteiger charge is 2.17. The van der Waals surface area contributed by atoms with E-state index in [0.29, 0.717) is 6.54 Å². The standard InChI is InChI=1S/C14H22N4O2/c1-2-3-11-12(10-17-14(15)19)16-5-4-13(11)18-6-8-20-9-7-18/h4-5H,2-3,6-10H2,1H3,(H3,15,17,19). The molecule has 6 nitrogen and oxygen atoms in total. The van der Waals surface area contributed by atoms with Gasteiger partial charge in [-0.05, 0) is 18.1 Å². The Morgan fingerprint density at radius 1 is 1.50 bits per heavy atom. The number of carbonyl (C=O) groups is 1. The van der Waals surface area contributed by atoms with Crippen molar-refractivity contribution in [1.29, 1.82) is 0 Å². The molecule has 0 spiro atoms. The van der Waals surface area contributed by atoms with Crippen LogP contribution in [-0.2, 0) is 17.7 Å². The van der Waals surface area contributed by atoms with Crippen molar-refractivity contribution < 1.29 is 9.53 Å². The molecule has 0 atom stereocenters. The average molecular weight is 278 g/mol. The Morgan fingerprint density at radius 2 is 2.25 bits per heavy atom. The van der Waals surface area contributed by atoms with E-state index in [1.165, 1.54) is 11.3 Å². The van der Waals surface area contributed by atoms with Crippen LogP contribution in [0.4, 0.5) is 10.5 Å². The highest BCUT2D eigenvalue weighted by Crippen LogP contribution is 2.25. The van der Waals surface area contributed by atoms with Crippen LogP contribution in [0.1, 0.15) is 24.6 Å². The molecular weight excluding hydrogens is 256 g/mol. The Balaban J connectivity index is 2.24. The van der Waals surface area contributed by atoms with Crippen LogP contribution in [0.5, 0.6) is 0 Å². The predicted octanol–water partition coefficient (Wildman–Crippen LogP) is 1.04. The minimum Gasteiger partial charge on any atom is -0.378 e. The molecule has 2 heterocycles. The van der Waals surface area contributed by atoms with E-state index in [9.17, 15) is 4.79 Å². The summed E-state index contributed by atoms with van der Waals surface area (Å²) in [5.41, 5.74) is 8.44. The monoisotopic (exact) mass is 278 g/mol. The summed E-state index contributed by atoms with van der Waals surface area (Å²) in [7, 11) is 0. The van der Waals surface area contributed by atoms with Gasteiger partial charge in [0, 0.05) is 25.0 Å². The normalized spacial score (nSPS) is 15.2. The van der Waals surface area contributed by atoms with Gasteiger partial charge in [0.2, 0.25) is 0 Å². The van der Waals surface area contributed by atoms with Crippen molar-refractivity contribution >= 4 is 11.7 Å². The number of morpholine rings is 1. The SMILES string of the molecule is CCCc1c(N2CCOCC2)ccnc1CNC(N)=O. The van der Waals surface area contributed by atoms with Crippen molar-refractivity contribution in [3.63, 3.8) is 0 Å². The lowest BCUT2D eigenvalue weighted by molar-refractivity contribution is 0.122. The number of hydrogen-bond donors (Lipinski definition) is 2. The summed E-state index contributed by atoms with van der Waals surface area (Å²) in [5.74, 6) is 0. The van der Waals surface area contributed by atoms with Crippen LogP contribution in [0.25, 0.3) is 0 Å². The van der Waals surface area contributed by atoms with Crippen molar-refractivity contribution in [3.05, 3.63) is 23.5 Å². The van der Waals surface area contributed by atoms with Gasteiger partial charge in [-0.1, -0.05) is 13.3 Å². The van der Waals surface area contributed by atoms with Crippen molar-refractivity contribution in [2.45, 2.75) is 26.3 Å². The fraction of sp³-hybridized carbons (Fsp3) is 0.571. The van der Waals surface area contributed by atoms with Gasteiger partial charge in [-0.2, -0.15) is 0 Å². The number of aromatic nitrogens is 1. The quantitative estimate of drug-likeness (QED) is 0.843. The third kappa shape index (κ3) is 3.60. The first-order chi connectivity index (χ1) is 9.72. The summed E-state index contributed by atoms with van der Waals surface area (Å²) in [6.07, 6.45) is 3.77. The van der Waals surface area contributed by atoms with Gasteiger partial charge >= 0.3 is 6.03 Å². The molecule has 0 aliphatic carbocycles. The minimum absolute atomic E-state index is 0.378. The van der Waals surface area contributed by atoms with Crippen molar-refractivity contribution in [2.24, 2.45) is 5.73 Å². The molecule has 20 heavy (non-hydrogen) atoms. The van der Waals surface area contributed by atoms with Crippen LogP contribution in [0.3, 0.4) is 0 Å². The second-order valence-electron chi connectivity index (χ2n) is 4.82. The number of nitrogens with two attached hydrogens (primary N) is 1. The molecule has 3 N–H and O–H groups in total. The number of nitrogens with one attached hydrogen (secondary N) is 1. The molecule has 0 aromatic carbocycles. The molecule has 1 aliphatic rings. The van der Waals surface area contributed by atoms with E-state index in [2.05, 4.69) is 22.1 Å². The number of urea groups is 1. The lowest BCUT2D eigenvalue weighted by Crippen LogP contribution is -2.37. The lowest BCUT2D eigenvalue weighted by Gasteiger charge is -2.31. The second-order valence-corrected chi connectivity index (χ2v) is 4.82. The Morgan fingerprint density at radius 3 is 2.90 bits per heavy atom. The maximum atomic E-state index is 10.9. The summed E-state index contributed by atoms with van der Waals surface area (Å²) in [6.45, 7) is 5.81. The van der Waals surface area contributed by atoms with E-state index >= 15 is 0 Å². The topological polar surface area (TPSA) is 80.5 Å². The van der Waals surface area contributed by atoms with E-state index in [4.69, 9.17) is 10.5 Å². The van der Waals surface area contributed by atoms with Gasteiger partial charge in [0.25, 0.3) is 0 Å². The maximum absolute atomic E-state index is 10.9. The van der Waals surface area contributed by atoms with Crippen LogP contribution in [0.15, 0.2) is 12.3 Å². The molecule has 1 saturated heterocycles. The highest BCUT2D eigenvalue weighted by atomic mass is 16.5. The molecule has 0 saturated carbocycles. The summed E-state index contributed by atoms with van der Waals surface area (Å²) in [5, 5.41) is 2.62. The molecule has 110 valence electrons. The molecule has 1 aromatic rings. The number of pyridine rings is 1. The molecular formula is C14H22N4O2. The maximum Gasteiger partial charge on any atom is 0.312 e. The van der Waals surface area contributed by atoms with Crippen molar-refractivity contribution in [3.8, 4) is 0 Å². The summed E-state index contributed by atoms with van der Waals surface area (Å²) in [6, 6.07) is 1.52. The van der Waals surface area contributed by atoms with E-state index in [0.717, 1.165) is 44.8 Å². The van der Waals surface area contributed by atoms with E-state index in [1.54, 1.807) is 6.20 Å². The fourth-order valence-corrected chi connectivity index (χ4v) is 2.47. The van der Waals surface area contributed by atoms with Gasteiger partial charge in [0.15, 0.2) is 0 Å². The van der Waals surface area contributed by atoms with E-state index < -0.39 is 6.03 Å². The zero-order valence-electron chi connectivity index (χ0n) is 11.9. The third-order valence-corrected chi connectivity index (χ3v) is 3.40. The van der Waals surface area contributed by atoms with Gasteiger partial charge < -0.3 is 20.7 Å². The Bertz CT molecular complexity index is 458. The zero-order chi connectivity index (χ0) is 14.4. The molecule has 0 unspecified atom stereocenters. The lowest BCUT2D eigenvalue weighted by atomic mass is 10.0. The van der Waals surface area contributed by atoms with Gasteiger partial charge in [-0.15, -0.1) is 0 Å². The van der Waals surface area contributed by atoms with Gasteiger partial charge in [0.05, 0.1) is 25.5 Å². The first-order valence-electron chi connectivity index (χ1n) is 7.05. The Kier molecular flexibility index (Phi) is 5.17. The molecule has 0 radical (unpaired) electrons. The average Bonchev–Trinajstić information content (AvgIpc) is 2.47. The number of rotatable bonds is 5. The summed E-state index contributed by atoms with van der Waals surface area (Å²) >= 11 is 0. The van der Waals surface area contributed by atoms with Gasteiger partial charge in [-0.3, -0.25) is 4.98 Å². The molecule has 2 rings (SSSR count). The first-order valence-corrected chi connectivity index (χ1v) is 7.05. The Labute approximate surface area is 119 Å². The third-order valence-electron chi connectivity index (χ3n) is 3.40. The Hall–Kier alpha value is -1.82. The largest absolute Gasteiger partial charge is 0.378 e. The summed E-state index contributed by atoms with van der Waals surface area (Å²) < 4.78 is 5.40.